The van der Waals surface area contributed by atoms with Crippen molar-refractivity contribution < 1.29 is 5.11 Å². The van der Waals surface area contributed by atoms with Crippen LogP contribution in [0.2, 0.25) is 0 Å². The first-order valence-electron chi connectivity index (χ1n) is 6.59. The number of nitrogens with zero attached hydrogens (tertiary/aromatic N) is 2. The normalized spacial score (nSPS) is 19.9. The van der Waals surface area contributed by atoms with Crippen LogP contribution in [0.5, 0.6) is 5.75 Å². The summed E-state index contributed by atoms with van der Waals surface area (Å²) in [4.78, 5) is 4.81. The van der Waals surface area contributed by atoms with Gasteiger partial charge in [-0.3, -0.25) is 0 Å². The van der Waals surface area contributed by atoms with E-state index in [1.807, 2.05) is 18.2 Å². The molecule has 0 spiro atoms. The maximum Gasteiger partial charge on any atom is 0.115 e. The van der Waals surface area contributed by atoms with Crippen molar-refractivity contribution in [3.8, 4) is 5.75 Å². The number of hydrogen-bond acceptors (Lipinski definition) is 4. The molecule has 1 atom stereocenters. The van der Waals surface area contributed by atoms with Crippen molar-refractivity contribution in [2.75, 3.05) is 46.3 Å². The summed E-state index contributed by atoms with van der Waals surface area (Å²) in [6.07, 6.45) is 0. The average molecular weight is 249 g/mol. The summed E-state index contributed by atoms with van der Waals surface area (Å²) in [6.45, 7) is 6.05. The molecule has 0 bridgehead atoms. The molecule has 4 nitrogen and oxygen atoms in total. The van der Waals surface area contributed by atoms with Crippen molar-refractivity contribution in [1.29, 1.82) is 0 Å². The lowest BCUT2D eigenvalue weighted by molar-refractivity contribution is 0.147. The Hall–Kier alpha value is -1.10. The molecule has 1 fully saturated rings. The molecular formula is C14H23N3O. The third kappa shape index (κ3) is 3.45. The van der Waals surface area contributed by atoms with Crippen molar-refractivity contribution in [3.05, 3.63) is 29.8 Å². The molecule has 0 amide bonds. The first-order chi connectivity index (χ1) is 8.69. The Labute approximate surface area is 109 Å². The van der Waals surface area contributed by atoms with Gasteiger partial charge in [-0.25, -0.2) is 0 Å². The first kappa shape index (κ1) is 13.3. The molecule has 1 aromatic rings. The van der Waals surface area contributed by atoms with Gasteiger partial charge < -0.3 is 20.6 Å². The van der Waals surface area contributed by atoms with E-state index in [1.165, 1.54) is 0 Å². The summed E-state index contributed by atoms with van der Waals surface area (Å²) in [5, 5.41) is 9.54. The number of hydrogen-bond donors (Lipinski definition) is 2. The molecule has 3 N–H and O–H groups in total. The maximum atomic E-state index is 9.54. The summed E-state index contributed by atoms with van der Waals surface area (Å²) < 4.78 is 0. The molecule has 1 aliphatic rings. The van der Waals surface area contributed by atoms with Gasteiger partial charge in [0.2, 0.25) is 0 Å². The summed E-state index contributed by atoms with van der Waals surface area (Å²) in [6, 6.07) is 7.46. The van der Waals surface area contributed by atoms with Gasteiger partial charge in [-0.2, -0.15) is 0 Å². The molecule has 4 heteroatoms. The van der Waals surface area contributed by atoms with Crippen LogP contribution in [-0.4, -0.2) is 61.2 Å². The number of rotatable bonds is 4. The minimum absolute atomic E-state index is 0.306. The van der Waals surface area contributed by atoms with E-state index in [9.17, 15) is 5.11 Å². The number of nitrogens with two attached hydrogens (primary N) is 1. The third-order valence-electron chi connectivity index (χ3n) is 3.70. The van der Waals surface area contributed by atoms with Crippen LogP contribution in [-0.2, 0) is 0 Å². The van der Waals surface area contributed by atoms with Crippen LogP contribution in [0.1, 0.15) is 11.5 Å². The number of phenolic OH excluding ortho intramolecular Hbond substituents is 1. The molecule has 1 saturated heterocycles. The summed E-state index contributed by atoms with van der Waals surface area (Å²) in [5.41, 5.74) is 7.02. The number of likely N-dealkylation sites (N-methyl/N-ethyl adjacent to an activating group) is 1. The monoisotopic (exact) mass is 249 g/mol. The number of phenols is 1. The van der Waals surface area contributed by atoms with Crippen LogP contribution >= 0.6 is 0 Å². The van der Waals surface area contributed by atoms with E-state index < -0.39 is 0 Å². The van der Waals surface area contributed by atoms with E-state index in [4.69, 9.17) is 5.73 Å². The van der Waals surface area contributed by atoms with Crippen molar-refractivity contribution in [2.45, 2.75) is 5.92 Å². The molecule has 1 heterocycles. The molecule has 2 rings (SSSR count). The van der Waals surface area contributed by atoms with Crippen LogP contribution in [0.25, 0.3) is 0 Å². The Balaban J connectivity index is 1.97. The van der Waals surface area contributed by atoms with Crippen LogP contribution < -0.4 is 5.73 Å². The second-order valence-electron chi connectivity index (χ2n) is 5.13. The number of piperazine rings is 1. The van der Waals surface area contributed by atoms with E-state index in [-0.39, 0.29) is 0 Å². The van der Waals surface area contributed by atoms with Crippen molar-refractivity contribution >= 4 is 0 Å². The zero-order chi connectivity index (χ0) is 13.0. The topological polar surface area (TPSA) is 52.7 Å². The Bertz CT molecular complexity index is 375. The lowest BCUT2D eigenvalue weighted by atomic mass is 9.98. The largest absolute Gasteiger partial charge is 0.508 e. The molecule has 0 saturated carbocycles. The van der Waals surface area contributed by atoms with Crippen LogP contribution in [0.3, 0.4) is 0 Å². The second kappa shape index (κ2) is 6.18. The highest BCUT2D eigenvalue weighted by Gasteiger charge is 2.18. The van der Waals surface area contributed by atoms with E-state index in [0.29, 0.717) is 18.2 Å². The highest BCUT2D eigenvalue weighted by molar-refractivity contribution is 5.30. The van der Waals surface area contributed by atoms with Gasteiger partial charge in [0.05, 0.1) is 0 Å². The number of aromatic hydroxyl groups is 1. The van der Waals surface area contributed by atoms with Crippen molar-refractivity contribution in [1.82, 2.24) is 9.80 Å². The molecule has 0 radical (unpaired) electrons. The van der Waals surface area contributed by atoms with Gasteiger partial charge in [0.25, 0.3) is 0 Å². The van der Waals surface area contributed by atoms with E-state index >= 15 is 0 Å². The zero-order valence-electron chi connectivity index (χ0n) is 11.0. The Morgan fingerprint density at radius 3 is 2.61 bits per heavy atom. The highest BCUT2D eigenvalue weighted by atomic mass is 16.3. The minimum atomic E-state index is 0.306. The standard InChI is InChI=1S/C14H23N3O/c1-16-5-7-17(8-6-16)11-13(10-15)12-3-2-4-14(18)9-12/h2-4,9,13,18H,5-8,10-11,15H2,1H3. The van der Waals surface area contributed by atoms with Crippen molar-refractivity contribution in [3.63, 3.8) is 0 Å². The molecule has 0 aliphatic carbocycles. The predicted octanol–water partition coefficient (Wildman–Crippen LogP) is 0.682. The Morgan fingerprint density at radius 2 is 2.00 bits per heavy atom. The highest BCUT2D eigenvalue weighted by Crippen LogP contribution is 2.20. The molecular weight excluding hydrogens is 226 g/mol. The predicted molar refractivity (Wildman–Crippen MR) is 73.8 cm³/mol. The fourth-order valence-electron chi connectivity index (χ4n) is 2.44. The molecule has 18 heavy (non-hydrogen) atoms. The van der Waals surface area contributed by atoms with E-state index in [0.717, 1.165) is 38.3 Å². The van der Waals surface area contributed by atoms with Gasteiger partial charge in [-0.05, 0) is 24.7 Å². The fourth-order valence-corrected chi connectivity index (χ4v) is 2.44. The van der Waals surface area contributed by atoms with Gasteiger partial charge in [0.1, 0.15) is 5.75 Å². The third-order valence-corrected chi connectivity index (χ3v) is 3.70. The lowest BCUT2D eigenvalue weighted by Gasteiger charge is -2.34. The first-order valence-corrected chi connectivity index (χ1v) is 6.59. The van der Waals surface area contributed by atoms with Gasteiger partial charge >= 0.3 is 0 Å². The van der Waals surface area contributed by atoms with Gasteiger partial charge in [-0.15, -0.1) is 0 Å². The SMILES string of the molecule is CN1CCN(CC(CN)c2cccc(O)c2)CC1. The molecule has 1 aliphatic heterocycles. The summed E-state index contributed by atoms with van der Waals surface area (Å²) in [7, 11) is 2.16. The van der Waals surface area contributed by atoms with Gasteiger partial charge in [0, 0.05) is 45.2 Å². The van der Waals surface area contributed by atoms with E-state index in [1.54, 1.807) is 6.07 Å². The Kier molecular flexibility index (Phi) is 4.58. The van der Waals surface area contributed by atoms with E-state index in [2.05, 4.69) is 16.8 Å². The molecule has 1 aromatic carbocycles. The minimum Gasteiger partial charge on any atom is -0.508 e. The summed E-state index contributed by atoms with van der Waals surface area (Å²) in [5.74, 6) is 0.629. The maximum absolute atomic E-state index is 9.54. The van der Waals surface area contributed by atoms with Gasteiger partial charge in [-0.1, -0.05) is 12.1 Å². The quantitative estimate of drug-likeness (QED) is 0.824. The van der Waals surface area contributed by atoms with Crippen LogP contribution in [0.15, 0.2) is 24.3 Å². The molecule has 0 aromatic heterocycles. The Morgan fingerprint density at radius 1 is 1.28 bits per heavy atom. The van der Waals surface area contributed by atoms with Crippen molar-refractivity contribution in [2.24, 2.45) is 5.73 Å². The fraction of sp³-hybridized carbons (Fsp3) is 0.571. The average Bonchev–Trinajstić information content (AvgIpc) is 2.38. The second-order valence-corrected chi connectivity index (χ2v) is 5.13. The smallest absolute Gasteiger partial charge is 0.115 e. The summed E-state index contributed by atoms with van der Waals surface area (Å²) >= 11 is 0. The van der Waals surface area contributed by atoms with Gasteiger partial charge in [0.15, 0.2) is 0 Å². The lowest BCUT2D eigenvalue weighted by Crippen LogP contribution is -2.46. The molecule has 100 valence electrons. The van der Waals surface area contributed by atoms with Crippen LogP contribution in [0.4, 0.5) is 0 Å². The van der Waals surface area contributed by atoms with Crippen LogP contribution in [0, 0.1) is 0 Å². The zero-order valence-corrected chi connectivity index (χ0v) is 11.0. The molecule has 1 unspecified atom stereocenters. The number of benzene rings is 1.